The summed E-state index contributed by atoms with van der Waals surface area (Å²) in [6.45, 7) is 7.10. The van der Waals surface area contributed by atoms with Gasteiger partial charge in [0.1, 0.15) is 5.82 Å². The molecule has 0 spiro atoms. The molecule has 0 bridgehead atoms. The lowest BCUT2D eigenvalue weighted by Gasteiger charge is -2.15. The van der Waals surface area contributed by atoms with Crippen LogP contribution in [0.5, 0.6) is 0 Å². The summed E-state index contributed by atoms with van der Waals surface area (Å²) in [5.74, 6) is 1.43. The van der Waals surface area contributed by atoms with Crippen LogP contribution in [-0.4, -0.2) is 38.2 Å². The number of aromatic nitrogens is 4. The number of nitrogens with zero attached hydrogens (tertiary/aromatic N) is 4. The molecule has 0 amide bonds. The third-order valence-electron chi connectivity index (χ3n) is 4.52. The Balaban J connectivity index is 1.47. The minimum absolute atomic E-state index is 0.431. The van der Waals surface area contributed by atoms with Gasteiger partial charge in [-0.2, -0.15) is 5.10 Å². The SMILES string of the molecule is Cc1cc(C)nc([C@@H]2CCN(Cc3cn[nH]c3-c3cccs3)C2)n1. The van der Waals surface area contributed by atoms with Crippen LogP contribution in [0, 0.1) is 13.8 Å². The largest absolute Gasteiger partial charge is 0.298 e. The highest BCUT2D eigenvalue weighted by Gasteiger charge is 2.27. The van der Waals surface area contributed by atoms with Crippen LogP contribution in [0.25, 0.3) is 10.6 Å². The molecule has 4 heterocycles. The molecule has 24 heavy (non-hydrogen) atoms. The lowest BCUT2D eigenvalue weighted by Crippen LogP contribution is -2.20. The smallest absolute Gasteiger partial charge is 0.133 e. The summed E-state index contributed by atoms with van der Waals surface area (Å²) in [6, 6.07) is 6.25. The molecule has 1 aliphatic rings. The monoisotopic (exact) mass is 339 g/mol. The van der Waals surface area contributed by atoms with Crippen LogP contribution in [0.1, 0.15) is 35.1 Å². The van der Waals surface area contributed by atoms with Crippen molar-refractivity contribution in [1.82, 2.24) is 25.1 Å². The maximum absolute atomic E-state index is 4.65. The quantitative estimate of drug-likeness (QED) is 0.790. The highest BCUT2D eigenvalue weighted by atomic mass is 32.1. The second-order valence-electron chi connectivity index (χ2n) is 6.48. The third-order valence-corrected chi connectivity index (χ3v) is 5.40. The molecule has 1 N–H and O–H groups in total. The van der Waals surface area contributed by atoms with Crippen molar-refractivity contribution in [3.63, 3.8) is 0 Å². The number of rotatable bonds is 4. The van der Waals surface area contributed by atoms with Gasteiger partial charge in [-0.05, 0) is 44.3 Å². The van der Waals surface area contributed by atoms with E-state index < -0.39 is 0 Å². The molecule has 0 aliphatic carbocycles. The molecule has 5 nitrogen and oxygen atoms in total. The van der Waals surface area contributed by atoms with Crippen molar-refractivity contribution in [3.05, 3.63) is 52.6 Å². The lowest BCUT2D eigenvalue weighted by molar-refractivity contribution is 0.326. The number of likely N-dealkylation sites (tertiary alicyclic amines) is 1. The first-order chi connectivity index (χ1) is 11.7. The van der Waals surface area contributed by atoms with Crippen LogP contribution in [-0.2, 0) is 6.54 Å². The molecule has 4 rings (SSSR count). The second kappa shape index (κ2) is 6.45. The molecule has 1 fully saturated rings. The van der Waals surface area contributed by atoms with Gasteiger partial charge >= 0.3 is 0 Å². The molecule has 3 aromatic rings. The Morgan fingerprint density at radius 1 is 1.29 bits per heavy atom. The van der Waals surface area contributed by atoms with Crippen molar-refractivity contribution < 1.29 is 0 Å². The van der Waals surface area contributed by atoms with E-state index in [2.05, 4.69) is 42.6 Å². The van der Waals surface area contributed by atoms with Crippen LogP contribution < -0.4 is 0 Å². The first-order valence-electron chi connectivity index (χ1n) is 8.29. The van der Waals surface area contributed by atoms with Gasteiger partial charge in [-0.25, -0.2) is 9.97 Å². The molecule has 6 heteroatoms. The Hall–Kier alpha value is -2.05. The van der Waals surface area contributed by atoms with E-state index in [1.807, 2.05) is 26.1 Å². The number of aromatic amines is 1. The number of H-pyrrole nitrogens is 1. The van der Waals surface area contributed by atoms with E-state index in [9.17, 15) is 0 Å². The Labute approximate surface area is 145 Å². The van der Waals surface area contributed by atoms with Gasteiger partial charge < -0.3 is 0 Å². The van der Waals surface area contributed by atoms with Crippen LogP contribution in [0.4, 0.5) is 0 Å². The number of hydrogen-bond acceptors (Lipinski definition) is 5. The standard InChI is InChI=1S/C18H21N5S/c1-12-8-13(2)21-18(20-12)14-5-6-23(10-14)11-15-9-19-22-17(15)16-4-3-7-24-16/h3-4,7-9,14H,5-6,10-11H2,1-2H3,(H,19,22)/t14-/m1/s1. The maximum atomic E-state index is 4.65. The van der Waals surface area contributed by atoms with Crippen molar-refractivity contribution in [2.45, 2.75) is 32.7 Å². The van der Waals surface area contributed by atoms with E-state index in [1.165, 1.54) is 10.4 Å². The van der Waals surface area contributed by atoms with Gasteiger partial charge in [-0.1, -0.05) is 6.07 Å². The van der Waals surface area contributed by atoms with Gasteiger partial charge in [-0.3, -0.25) is 10.00 Å². The summed E-state index contributed by atoms with van der Waals surface area (Å²) in [5, 5.41) is 9.50. The van der Waals surface area contributed by atoms with Gasteiger partial charge in [0.25, 0.3) is 0 Å². The second-order valence-corrected chi connectivity index (χ2v) is 7.42. The summed E-state index contributed by atoms with van der Waals surface area (Å²) in [7, 11) is 0. The Morgan fingerprint density at radius 3 is 2.88 bits per heavy atom. The molecule has 1 saturated heterocycles. The Bertz CT molecular complexity index is 804. The molecule has 3 aromatic heterocycles. The van der Waals surface area contributed by atoms with Crippen LogP contribution in [0.2, 0.25) is 0 Å². The zero-order valence-corrected chi connectivity index (χ0v) is 14.8. The van der Waals surface area contributed by atoms with Gasteiger partial charge in [0.15, 0.2) is 0 Å². The summed E-state index contributed by atoms with van der Waals surface area (Å²) in [6.07, 6.45) is 3.07. The van der Waals surface area contributed by atoms with Crippen LogP contribution in [0.15, 0.2) is 29.8 Å². The van der Waals surface area contributed by atoms with E-state index in [0.29, 0.717) is 5.92 Å². The lowest BCUT2D eigenvalue weighted by atomic mass is 10.1. The van der Waals surface area contributed by atoms with Gasteiger partial charge in [0.2, 0.25) is 0 Å². The zero-order valence-electron chi connectivity index (χ0n) is 14.0. The van der Waals surface area contributed by atoms with E-state index in [0.717, 1.165) is 49.0 Å². The summed E-state index contributed by atoms with van der Waals surface area (Å²) in [4.78, 5) is 13.0. The zero-order chi connectivity index (χ0) is 16.5. The highest BCUT2D eigenvalue weighted by molar-refractivity contribution is 7.13. The number of hydrogen-bond donors (Lipinski definition) is 1. The van der Waals surface area contributed by atoms with Crippen molar-refractivity contribution >= 4 is 11.3 Å². The summed E-state index contributed by atoms with van der Waals surface area (Å²) >= 11 is 1.74. The Morgan fingerprint density at radius 2 is 2.12 bits per heavy atom. The maximum Gasteiger partial charge on any atom is 0.133 e. The Kier molecular flexibility index (Phi) is 4.16. The van der Waals surface area contributed by atoms with E-state index in [-0.39, 0.29) is 0 Å². The third kappa shape index (κ3) is 3.12. The molecule has 0 radical (unpaired) electrons. The minimum Gasteiger partial charge on any atom is -0.298 e. The fraction of sp³-hybridized carbons (Fsp3) is 0.389. The molecule has 0 saturated carbocycles. The van der Waals surface area contributed by atoms with Gasteiger partial charge in [0.05, 0.1) is 16.8 Å². The molecule has 0 aromatic carbocycles. The van der Waals surface area contributed by atoms with E-state index >= 15 is 0 Å². The van der Waals surface area contributed by atoms with Gasteiger partial charge in [-0.15, -0.1) is 11.3 Å². The summed E-state index contributed by atoms with van der Waals surface area (Å²) < 4.78 is 0. The predicted molar refractivity (Wildman–Crippen MR) is 96.0 cm³/mol. The molecule has 1 atom stereocenters. The fourth-order valence-corrected chi connectivity index (χ4v) is 4.18. The van der Waals surface area contributed by atoms with E-state index in [4.69, 9.17) is 0 Å². The molecular formula is C18H21N5S. The van der Waals surface area contributed by atoms with Crippen LogP contribution in [0.3, 0.4) is 0 Å². The van der Waals surface area contributed by atoms with Crippen molar-refractivity contribution in [2.75, 3.05) is 13.1 Å². The average molecular weight is 339 g/mol. The number of nitrogens with one attached hydrogen (secondary N) is 1. The molecule has 124 valence electrons. The van der Waals surface area contributed by atoms with Gasteiger partial charge in [0, 0.05) is 36.0 Å². The van der Waals surface area contributed by atoms with E-state index in [1.54, 1.807) is 11.3 Å². The highest BCUT2D eigenvalue weighted by Crippen LogP contribution is 2.30. The summed E-state index contributed by atoms with van der Waals surface area (Å²) in [5.41, 5.74) is 4.53. The molecule has 0 unspecified atom stereocenters. The van der Waals surface area contributed by atoms with Crippen molar-refractivity contribution in [1.29, 1.82) is 0 Å². The molecule has 1 aliphatic heterocycles. The van der Waals surface area contributed by atoms with Crippen molar-refractivity contribution in [2.24, 2.45) is 0 Å². The first kappa shape index (κ1) is 15.5. The average Bonchev–Trinajstić information content (AvgIpc) is 3.28. The minimum atomic E-state index is 0.431. The first-order valence-corrected chi connectivity index (χ1v) is 9.17. The fourth-order valence-electron chi connectivity index (χ4n) is 3.43. The normalized spacial score (nSPS) is 18.3. The molecular weight excluding hydrogens is 318 g/mol. The topological polar surface area (TPSA) is 57.7 Å². The van der Waals surface area contributed by atoms with Crippen molar-refractivity contribution in [3.8, 4) is 10.6 Å². The van der Waals surface area contributed by atoms with Crippen LogP contribution >= 0.6 is 11.3 Å². The number of aryl methyl sites for hydroxylation is 2. The predicted octanol–water partition coefficient (Wildman–Crippen LogP) is 3.53. The number of thiophene rings is 1.